The van der Waals surface area contributed by atoms with Crippen molar-refractivity contribution in [2.75, 3.05) is 56.7 Å². The van der Waals surface area contributed by atoms with Gasteiger partial charge in [0.15, 0.2) is 11.5 Å². The number of alkyl halides is 3. The summed E-state index contributed by atoms with van der Waals surface area (Å²) in [6.07, 6.45) is -1.90. The first kappa shape index (κ1) is 25.0. The van der Waals surface area contributed by atoms with E-state index in [1.54, 1.807) is 23.1 Å². The molecule has 37 heavy (non-hydrogen) atoms. The number of nitrogens with one attached hydrogen (secondary N) is 3. The Hall–Kier alpha value is -3.67. The molecule has 1 aromatic carbocycles. The van der Waals surface area contributed by atoms with Crippen LogP contribution >= 0.6 is 0 Å². The highest BCUT2D eigenvalue weighted by molar-refractivity contribution is 5.99. The van der Waals surface area contributed by atoms with Gasteiger partial charge in [0, 0.05) is 37.6 Å². The van der Waals surface area contributed by atoms with Crippen molar-refractivity contribution in [3.63, 3.8) is 0 Å². The number of hydrogen-bond acceptors (Lipinski definition) is 7. The van der Waals surface area contributed by atoms with Gasteiger partial charge in [-0.15, -0.1) is 0 Å². The maximum atomic E-state index is 13.6. The predicted octanol–water partition coefficient (Wildman–Crippen LogP) is 4.78. The Bertz CT molecular complexity index is 1290. The molecule has 3 aromatic rings. The van der Waals surface area contributed by atoms with E-state index in [-0.39, 0.29) is 23.5 Å². The van der Waals surface area contributed by atoms with Gasteiger partial charge in [-0.3, -0.25) is 4.79 Å². The fourth-order valence-electron chi connectivity index (χ4n) is 4.44. The van der Waals surface area contributed by atoms with Crippen molar-refractivity contribution in [1.82, 2.24) is 14.9 Å². The van der Waals surface area contributed by atoms with E-state index in [1.165, 1.54) is 0 Å². The lowest BCUT2D eigenvalue weighted by molar-refractivity contribution is -0.136. The second kappa shape index (κ2) is 10.4. The third-order valence-electron chi connectivity index (χ3n) is 6.27. The number of rotatable bonds is 7. The highest BCUT2D eigenvalue weighted by Crippen LogP contribution is 2.43. The average molecular weight is 520 g/mol. The molecular weight excluding hydrogens is 491 g/mol. The molecule has 5 rings (SSSR count). The topological polar surface area (TPSA) is 101 Å². The van der Waals surface area contributed by atoms with E-state index in [9.17, 15) is 18.0 Å². The molecule has 4 heterocycles. The Balaban J connectivity index is 1.50. The van der Waals surface area contributed by atoms with E-state index in [2.05, 4.69) is 20.6 Å². The number of halogens is 3. The second-order valence-corrected chi connectivity index (χ2v) is 8.80. The van der Waals surface area contributed by atoms with E-state index < -0.39 is 11.7 Å². The highest BCUT2D eigenvalue weighted by Gasteiger charge is 2.35. The van der Waals surface area contributed by atoms with E-state index in [4.69, 9.17) is 14.2 Å². The zero-order valence-electron chi connectivity index (χ0n) is 20.3. The van der Waals surface area contributed by atoms with Gasteiger partial charge in [-0.1, -0.05) is 13.3 Å². The molecule has 2 aliphatic rings. The average Bonchev–Trinajstić information content (AvgIpc) is 3.34. The molecule has 1 saturated heterocycles. The summed E-state index contributed by atoms with van der Waals surface area (Å²) in [7, 11) is 0. The molecule has 2 aliphatic heterocycles. The van der Waals surface area contributed by atoms with Crippen LogP contribution in [0.3, 0.4) is 0 Å². The number of anilines is 3. The summed E-state index contributed by atoms with van der Waals surface area (Å²) in [6.45, 7) is 5.03. The summed E-state index contributed by atoms with van der Waals surface area (Å²) in [5.74, 6) is 0.819. The molecule has 9 nitrogen and oxygen atoms in total. The molecule has 3 N–H and O–H groups in total. The number of benzene rings is 1. The lowest BCUT2D eigenvalue weighted by Gasteiger charge is -2.29. The van der Waals surface area contributed by atoms with Crippen LogP contribution < -0.4 is 20.1 Å². The van der Waals surface area contributed by atoms with Crippen LogP contribution in [0.1, 0.15) is 35.7 Å². The zero-order chi connectivity index (χ0) is 26.0. The van der Waals surface area contributed by atoms with Crippen molar-refractivity contribution < 1.29 is 32.2 Å². The van der Waals surface area contributed by atoms with Gasteiger partial charge in [-0.2, -0.15) is 13.2 Å². The summed E-state index contributed by atoms with van der Waals surface area (Å²) in [5.41, 5.74) is 0.510. The quantitative estimate of drug-likeness (QED) is 0.386. The first-order valence-corrected chi connectivity index (χ1v) is 12.3. The number of unbranched alkanes of at least 4 members (excludes halogenated alkanes) is 1. The third-order valence-corrected chi connectivity index (χ3v) is 6.27. The third kappa shape index (κ3) is 5.10. The summed E-state index contributed by atoms with van der Waals surface area (Å²) in [6, 6.07) is 4.89. The minimum atomic E-state index is -4.52. The number of nitrogens with zero attached hydrogens (tertiary/aromatic N) is 2. The lowest BCUT2D eigenvalue weighted by Crippen LogP contribution is -2.41. The van der Waals surface area contributed by atoms with Gasteiger partial charge >= 0.3 is 6.18 Å². The first-order valence-electron chi connectivity index (χ1n) is 12.3. The molecule has 0 saturated carbocycles. The smallest absolute Gasteiger partial charge is 0.418 e. The molecular formula is C25H28F3N5O4. The van der Waals surface area contributed by atoms with Gasteiger partial charge in [0.05, 0.1) is 35.4 Å². The van der Waals surface area contributed by atoms with Crippen LogP contribution in [0, 0.1) is 0 Å². The number of ether oxygens (including phenoxy) is 3. The van der Waals surface area contributed by atoms with Gasteiger partial charge in [-0.05, 0) is 18.6 Å². The van der Waals surface area contributed by atoms with Crippen LogP contribution in [0.2, 0.25) is 0 Å². The van der Waals surface area contributed by atoms with Gasteiger partial charge < -0.3 is 34.7 Å². The predicted molar refractivity (Wildman–Crippen MR) is 132 cm³/mol. The number of amides is 1. The molecule has 198 valence electrons. The van der Waals surface area contributed by atoms with Crippen molar-refractivity contribution >= 4 is 34.1 Å². The Kier molecular flexibility index (Phi) is 7.00. The van der Waals surface area contributed by atoms with Crippen LogP contribution in [0.5, 0.6) is 11.5 Å². The number of aromatic amines is 1. The minimum absolute atomic E-state index is 0.0118. The maximum Gasteiger partial charge on any atom is 0.418 e. The number of aromatic nitrogens is 2. The van der Waals surface area contributed by atoms with Crippen LogP contribution in [-0.4, -0.2) is 66.8 Å². The lowest BCUT2D eigenvalue weighted by atomic mass is 10.1. The summed E-state index contributed by atoms with van der Waals surface area (Å²) < 4.78 is 57.9. The highest BCUT2D eigenvalue weighted by atomic mass is 19.4. The number of H-pyrrole nitrogens is 1. The number of hydrogen-bond donors (Lipinski definition) is 3. The van der Waals surface area contributed by atoms with E-state index in [0.29, 0.717) is 73.7 Å². The molecule has 12 heteroatoms. The first-order chi connectivity index (χ1) is 17.9. The summed E-state index contributed by atoms with van der Waals surface area (Å²) in [4.78, 5) is 21.9. The van der Waals surface area contributed by atoms with Gasteiger partial charge in [-0.25, -0.2) is 4.98 Å². The van der Waals surface area contributed by atoms with E-state index in [1.807, 2.05) is 6.92 Å². The Morgan fingerprint density at radius 3 is 2.59 bits per heavy atom. The number of carbonyl (C=O) groups is 1. The fraction of sp³-hybridized carbons (Fsp3) is 0.440. The van der Waals surface area contributed by atoms with E-state index >= 15 is 0 Å². The Morgan fingerprint density at radius 1 is 1.11 bits per heavy atom. The van der Waals surface area contributed by atoms with Crippen molar-refractivity contribution in [1.29, 1.82) is 0 Å². The minimum Gasteiger partial charge on any atom is -0.485 e. The van der Waals surface area contributed by atoms with Crippen LogP contribution in [0.4, 0.5) is 30.4 Å². The van der Waals surface area contributed by atoms with Crippen molar-refractivity contribution in [2.24, 2.45) is 0 Å². The SMILES string of the molecule is CCCCNc1cc(Nc2ccc(C(=O)N3CCOCC3)c3c2OCCO3)nc2[nH]cc(C(F)(F)F)c12. The van der Waals surface area contributed by atoms with Crippen molar-refractivity contribution in [3.05, 3.63) is 35.5 Å². The molecule has 0 radical (unpaired) electrons. The van der Waals surface area contributed by atoms with Crippen LogP contribution in [-0.2, 0) is 10.9 Å². The van der Waals surface area contributed by atoms with Gasteiger partial charge in [0.2, 0.25) is 0 Å². The molecule has 1 amide bonds. The molecule has 0 bridgehead atoms. The van der Waals surface area contributed by atoms with Gasteiger partial charge in [0.1, 0.15) is 24.7 Å². The summed E-state index contributed by atoms with van der Waals surface area (Å²) in [5, 5.41) is 6.25. The molecule has 0 atom stereocenters. The standard InChI is InChI=1S/C25H28F3N5O4/c1-2-3-6-29-18-13-19(32-23-20(18)16(14-30-23)25(26,27)28)31-17-5-4-15(21-22(17)37-12-11-36-21)24(34)33-7-9-35-10-8-33/h4-5,13-14H,2-3,6-12H2,1H3,(H3,29,30,31,32). The van der Waals surface area contributed by atoms with Crippen LogP contribution in [0.15, 0.2) is 24.4 Å². The molecule has 0 unspecified atom stereocenters. The number of carbonyl (C=O) groups excluding carboxylic acids is 1. The molecule has 0 spiro atoms. The number of pyridine rings is 1. The number of morpholine rings is 1. The second-order valence-electron chi connectivity index (χ2n) is 8.80. The van der Waals surface area contributed by atoms with Gasteiger partial charge in [0.25, 0.3) is 5.91 Å². The normalized spacial score (nSPS) is 15.6. The summed E-state index contributed by atoms with van der Waals surface area (Å²) >= 11 is 0. The molecule has 0 aliphatic carbocycles. The van der Waals surface area contributed by atoms with Crippen LogP contribution in [0.25, 0.3) is 11.0 Å². The monoisotopic (exact) mass is 519 g/mol. The van der Waals surface area contributed by atoms with Crippen molar-refractivity contribution in [3.8, 4) is 11.5 Å². The van der Waals surface area contributed by atoms with E-state index in [0.717, 1.165) is 19.0 Å². The van der Waals surface area contributed by atoms with Crippen molar-refractivity contribution in [2.45, 2.75) is 25.9 Å². The Morgan fingerprint density at radius 2 is 1.86 bits per heavy atom. The Labute approximate surface area is 211 Å². The molecule has 2 aromatic heterocycles. The number of fused-ring (bicyclic) bond motifs is 2. The maximum absolute atomic E-state index is 13.6. The fourth-order valence-corrected chi connectivity index (χ4v) is 4.44. The largest absolute Gasteiger partial charge is 0.485 e. The zero-order valence-corrected chi connectivity index (χ0v) is 20.3. The molecule has 1 fully saturated rings.